The fourth-order valence-electron chi connectivity index (χ4n) is 5.35. The molecule has 0 saturated carbocycles. The Morgan fingerprint density at radius 3 is 2.24 bits per heavy atom. The third kappa shape index (κ3) is 6.12. The molecular weight excluding hydrogens is 582 g/mol. The van der Waals surface area contributed by atoms with Crippen LogP contribution in [-0.4, -0.2) is 42.7 Å². The zero-order valence-electron chi connectivity index (χ0n) is 22.8. The molecule has 216 valence electrons. The van der Waals surface area contributed by atoms with Crippen molar-refractivity contribution in [3.05, 3.63) is 107 Å². The molecule has 11 heteroatoms. The lowest BCUT2D eigenvalue weighted by Crippen LogP contribution is -2.45. The summed E-state index contributed by atoms with van der Waals surface area (Å²) in [4.78, 5) is 29.3. The van der Waals surface area contributed by atoms with Crippen molar-refractivity contribution in [2.24, 2.45) is 5.92 Å². The topological polar surface area (TPSA) is 89.3 Å². The molecule has 1 amide bonds. The molecule has 3 aromatic carbocycles. The molecule has 0 fully saturated rings. The number of halogens is 1. The Hall–Kier alpha value is -3.41. The van der Waals surface area contributed by atoms with E-state index in [2.05, 4.69) is 0 Å². The van der Waals surface area contributed by atoms with E-state index in [0.717, 1.165) is 17.5 Å². The molecule has 0 radical (unpaired) electrons. The largest absolute Gasteiger partial charge is 0.296 e. The molecule has 0 unspecified atom stereocenters. The third-order valence-electron chi connectivity index (χ3n) is 7.17. The number of aryl methyl sites for hydroxylation is 1. The molecule has 4 aromatic rings. The van der Waals surface area contributed by atoms with E-state index in [1.54, 1.807) is 27.8 Å². The average Bonchev–Trinajstić information content (AvgIpc) is 3.26. The molecule has 2 atom stereocenters. The smallest absolute Gasteiger partial charge is 0.232 e. The lowest BCUT2D eigenvalue weighted by Gasteiger charge is -2.38. The number of hydrogen-bond acceptors (Lipinski definition) is 5. The number of aromatic nitrogens is 2. The molecule has 7 nitrogen and oxygen atoms in total. The van der Waals surface area contributed by atoms with Crippen LogP contribution >= 0.6 is 27.0 Å². The monoisotopic (exact) mass is 613 g/mol. The van der Waals surface area contributed by atoms with Crippen molar-refractivity contribution in [2.45, 2.75) is 31.1 Å². The third-order valence-corrected chi connectivity index (χ3v) is 8.28. The van der Waals surface area contributed by atoms with Crippen LogP contribution in [0.1, 0.15) is 46.4 Å². The molecule has 1 aliphatic heterocycles. The van der Waals surface area contributed by atoms with Crippen LogP contribution in [0.15, 0.2) is 83.8 Å². The number of hydrogen-bond donors (Lipinski definition) is 0. The van der Waals surface area contributed by atoms with Gasteiger partial charge in [0.25, 0.3) is 0 Å². The first-order chi connectivity index (χ1) is 18.6. The fraction of sp³-hybridized carbons (Fsp3) is 0.233. The summed E-state index contributed by atoms with van der Waals surface area (Å²) in [6.07, 6.45) is 0.930. The zero-order valence-corrected chi connectivity index (χ0v) is 25.7. The van der Waals surface area contributed by atoms with Gasteiger partial charge in [-0.15, -0.1) is 0 Å². The number of nitrogens with zero attached hydrogens (tertiary/aromatic N) is 3. The van der Waals surface area contributed by atoms with Crippen LogP contribution in [-0.2, 0) is 14.6 Å². The number of carbonyl (C=O) groups is 2. The first-order valence-electron chi connectivity index (χ1n) is 12.6. The number of carbonyl (C=O) groups excluding carboxylic acids is 2. The normalized spacial score (nSPS) is 16.4. The van der Waals surface area contributed by atoms with Crippen molar-refractivity contribution in [1.82, 2.24) is 9.78 Å². The van der Waals surface area contributed by atoms with E-state index in [4.69, 9.17) is 5.10 Å². The minimum Gasteiger partial charge on any atom is -0.296 e. The Kier molecular flexibility index (Phi) is 9.89. The van der Waals surface area contributed by atoms with E-state index >= 15 is 0 Å². The molecule has 41 heavy (non-hydrogen) atoms. The minimum atomic E-state index is -3.52. The van der Waals surface area contributed by atoms with Gasteiger partial charge in [-0.05, 0) is 55.8 Å². The Labute approximate surface area is 253 Å². The van der Waals surface area contributed by atoms with E-state index < -0.39 is 27.5 Å². The molecular formula is C30H32FN3O4S3. The molecule has 0 saturated heterocycles. The van der Waals surface area contributed by atoms with Crippen molar-refractivity contribution in [2.75, 3.05) is 17.7 Å². The maximum absolute atomic E-state index is 14.1. The summed E-state index contributed by atoms with van der Waals surface area (Å²) >= 11 is 0. The number of amides is 1. The summed E-state index contributed by atoms with van der Waals surface area (Å²) in [5, 5.41) is 4.80. The average molecular weight is 614 g/mol. The molecule has 1 aliphatic rings. The predicted molar refractivity (Wildman–Crippen MR) is 167 cm³/mol. The summed E-state index contributed by atoms with van der Waals surface area (Å²) in [6, 6.07) is 21.3. The van der Waals surface area contributed by atoms with Crippen LogP contribution in [0.5, 0.6) is 0 Å². The molecule has 1 aromatic heterocycles. The molecule has 5 rings (SSSR count). The van der Waals surface area contributed by atoms with Gasteiger partial charge in [-0.2, -0.15) is 32.1 Å². The Bertz CT molecular complexity index is 1670. The number of fused-ring (bicyclic) bond motifs is 1. The number of anilines is 1. The van der Waals surface area contributed by atoms with Crippen molar-refractivity contribution < 1.29 is 22.4 Å². The number of Topliss-reactive ketones (excluding diaryl/α,β-unsaturated/α-hetero) is 1. The molecule has 0 aliphatic carbocycles. The number of para-hydroxylation sites is 1. The van der Waals surface area contributed by atoms with Gasteiger partial charge in [0.15, 0.2) is 15.6 Å². The van der Waals surface area contributed by atoms with Gasteiger partial charge >= 0.3 is 0 Å². The lowest BCUT2D eigenvalue weighted by atomic mass is 9.74. The van der Waals surface area contributed by atoms with Gasteiger partial charge in [0.2, 0.25) is 5.91 Å². The molecule has 0 N–H and O–H groups in total. The Balaban J connectivity index is 0.00000231. The first kappa shape index (κ1) is 32.1. The number of ketones is 1. The van der Waals surface area contributed by atoms with Crippen molar-refractivity contribution >= 4 is 54.3 Å². The van der Waals surface area contributed by atoms with E-state index in [1.807, 2.05) is 44.2 Å². The number of sulfone groups is 1. The summed E-state index contributed by atoms with van der Waals surface area (Å²) in [5.41, 5.74) is 3.20. The minimum absolute atomic E-state index is 0. The number of benzene rings is 3. The summed E-state index contributed by atoms with van der Waals surface area (Å²) in [7, 11) is -3.52. The second kappa shape index (κ2) is 12.6. The van der Waals surface area contributed by atoms with Crippen molar-refractivity contribution in [3.8, 4) is 5.69 Å². The van der Waals surface area contributed by atoms with Crippen LogP contribution < -0.4 is 4.90 Å². The van der Waals surface area contributed by atoms with Crippen molar-refractivity contribution in [3.63, 3.8) is 0 Å². The second-order valence-electron chi connectivity index (χ2n) is 9.72. The maximum Gasteiger partial charge on any atom is 0.232 e. The van der Waals surface area contributed by atoms with Gasteiger partial charge in [-0.1, -0.05) is 42.5 Å². The van der Waals surface area contributed by atoms with Crippen LogP contribution in [0.3, 0.4) is 0 Å². The maximum atomic E-state index is 14.1. The SMILES string of the molecule is CCN1C(=O)[C@@H](CC(=O)c2cccc(S(C)(=O)=O)c2)[C@@H](c2ccc(F)cc2)c2c(C)nn(-c3ccccc3)c21.S.S. The van der Waals surface area contributed by atoms with Crippen molar-refractivity contribution in [1.29, 1.82) is 0 Å². The van der Waals surface area contributed by atoms with Gasteiger partial charge in [-0.25, -0.2) is 17.5 Å². The highest BCUT2D eigenvalue weighted by atomic mass is 32.2. The van der Waals surface area contributed by atoms with E-state index in [9.17, 15) is 22.4 Å². The predicted octanol–water partition coefficient (Wildman–Crippen LogP) is 5.34. The highest BCUT2D eigenvalue weighted by Gasteiger charge is 2.45. The fourth-order valence-corrected chi connectivity index (χ4v) is 6.01. The molecule has 0 spiro atoms. The Morgan fingerprint density at radius 1 is 0.976 bits per heavy atom. The first-order valence-corrected chi connectivity index (χ1v) is 14.5. The molecule has 2 heterocycles. The highest BCUT2D eigenvalue weighted by Crippen LogP contribution is 2.47. The number of rotatable bonds is 7. The van der Waals surface area contributed by atoms with Gasteiger partial charge in [0, 0.05) is 36.3 Å². The van der Waals surface area contributed by atoms with Crippen LogP contribution in [0, 0.1) is 18.7 Å². The summed E-state index contributed by atoms with van der Waals surface area (Å²) in [5.74, 6) is -1.73. The van der Waals surface area contributed by atoms with E-state index in [0.29, 0.717) is 23.6 Å². The van der Waals surface area contributed by atoms with Gasteiger partial charge < -0.3 is 0 Å². The van der Waals surface area contributed by atoms with Gasteiger partial charge in [0.1, 0.15) is 11.6 Å². The lowest BCUT2D eigenvalue weighted by molar-refractivity contribution is -0.123. The van der Waals surface area contributed by atoms with E-state index in [1.165, 1.54) is 30.3 Å². The standard InChI is InChI=1S/C30H28FN3O4S.2H2S/c1-4-33-29-27(19(2)32-34(29)23-10-6-5-7-11-23)28(20-13-15-22(31)16-14-20)25(30(33)36)18-26(35)21-9-8-12-24(17-21)39(3,37)38;;/h5-17,25,28H,4,18H2,1-3H3;2*1H2/t25-,28+;;/m0../s1. The second-order valence-corrected chi connectivity index (χ2v) is 11.7. The molecule has 0 bridgehead atoms. The van der Waals surface area contributed by atoms with Crippen LogP contribution in [0.4, 0.5) is 10.2 Å². The Morgan fingerprint density at radius 2 is 1.63 bits per heavy atom. The summed E-state index contributed by atoms with van der Waals surface area (Å²) in [6.45, 7) is 4.09. The zero-order chi connectivity index (χ0) is 27.9. The summed E-state index contributed by atoms with van der Waals surface area (Å²) < 4.78 is 39.8. The van der Waals surface area contributed by atoms with Crippen LogP contribution in [0.25, 0.3) is 5.69 Å². The van der Waals surface area contributed by atoms with Crippen LogP contribution in [0.2, 0.25) is 0 Å². The van der Waals surface area contributed by atoms with E-state index in [-0.39, 0.29) is 55.6 Å². The van der Waals surface area contributed by atoms with Gasteiger partial charge in [0.05, 0.1) is 22.2 Å². The quantitative estimate of drug-likeness (QED) is 0.263. The van der Waals surface area contributed by atoms with Gasteiger partial charge in [-0.3, -0.25) is 14.5 Å². The highest BCUT2D eigenvalue weighted by molar-refractivity contribution is 7.90.